The van der Waals surface area contributed by atoms with Gasteiger partial charge in [-0.25, -0.2) is 0 Å². The molecule has 1 aliphatic heterocycles. The molecule has 3 unspecified atom stereocenters. The molecule has 6 heteroatoms. The lowest BCUT2D eigenvalue weighted by molar-refractivity contribution is -0.0445. The summed E-state index contributed by atoms with van der Waals surface area (Å²) >= 11 is 0. The number of hydrogen-bond donors (Lipinski definition) is 1. The Balaban J connectivity index is 2.25. The fraction of sp³-hybridized carbons (Fsp3) is 0.647. The summed E-state index contributed by atoms with van der Waals surface area (Å²) in [5, 5.41) is 0. The highest BCUT2D eigenvalue weighted by atomic mass is 32.2. The van der Waals surface area contributed by atoms with Gasteiger partial charge in [-0.3, -0.25) is 0 Å². The summed E-state index contributed by atoms with van der Waals surface area (Å²) in [6.45, 7) is 10.7. The second-order valence-electron chi connectivity index (χ2n) is 7.41. The topological polar surface area (TPSA) is 58.6 Å². The minimum Gasteiger partial charge on any atom is -0.373 e. The van der Waals surface area contributed by atoms with E-state index in [0.29, 0.717) is 13.1 Å². The second-order valence-corrected chi connectivity index (χ2v) is 9.11. The maximum atomic E-state index is 12.9. The molecule has 1 aliphatic rings. The maximum absolute atomic E-state index is 12.9. The number of benzene rings is 1. The van der Waals surface area contributed by atoms with Crippen molar-refractivity contribution in [2.75, 3.05) is 13.1 Å². The Morgan fingerprint density at radius 1 is 1.13 bits per heavy atom. The molecule has 1 heterocycles. The Labute approximate surface area is 140 Å². The zero-order valence-electron chi connectivity index (χ0n) is 14.6. The van der Waals surface area contributed by atoms with Crippen molar-refractivity contribution >= 4 is 10.2 Å². The van der Waals surface area contributed by atoms with Crippen LogP contribution >= 0.6 is 0 Å². The van der Waals surface area contributed by atoms with Crippen molar-refractivity contribution in [1.82, 2.24) is 9.03 Å². The smallest absolute Gasteiger partial charge is 0.280 e. The van der Waals surface area contributed by atoms with E-state index in [-0.39, 0.29) is 23.7 Å². The quantitative estimate of drug-likeness (QED) is 0.917. The van der Waals surface area contributed by atoms with Gasteiger partial charge in [0.15, 0.2) is 0 Å². The van der Waals surface area contributed by atoms with Gasteiger partial charge in [-0.2, -0.15) is 17.4 Å². The minimum absolute atomic E-state index is 0.0971. The first-order valence-corrected chi connectivity index (χ1v) is 9.51. The van der Waals surface area contributed by atoms with Gasteiger partial charge in [-0.15, -0.1) is 0 Å². The molecule has 0 radical (unpaired) electrons. The summed E-state index contributed by atoms with van der Waals surface area (Å²) in [4.78, 5) is 0. The summed E-state index contributed by atoms with van der Waals surface area (Å²) < 4.78 is 35.8. The first-order chi connectivity index (χ1) is 10.6. The minimum atomic E-state index is -3.58. The van der Waals surface area contributed by atoms with Gasteiger partial charge in [0.1, 0.15) is 0 Å². The number of morpholine rings is 1. The van der Waals surface area contributed by atoms with Gasteiger partial charge in [0.25, 0.3) is 10.2 Å². The van der Waals surface area contributed by atoms with Crippen LogP contribution in [0.25, 0.3) is 0 Å². The van der Waals surface area contributed by atoms with E-state index in [1.165, 1.54) is 4.31 Å². The molecule has 0 saturated carbocycles. The summed E-state index contributed by atoms with van der Waals surface area (Å²) in [7, 11) is -3.58. The molecular formula is C17H28N2O3S. The van der Waals surface area contributed by atoms with E-state index in [9.17, 15) is 8.42 Å². The number of hydrogen-bond acceptors (Lipinski definition) is 3. The summed E-state index contributed by atoms with van der Waals surface area (Å²) in [5.41, 5.74) is 0.732. The van der Waals surface area contributed by atoms with Crippen LogP contribution in [0.15, 0.2) is 30.3 Å². The van der Waals surface area contributed by atoms with E-state index in [2.05, 4.69) is 4.72 Å². The SMILES string of the molecule is CC1CN(S(=O)(=O)NC(c2ccccc2)C(C)(C)C)CC(C)O1. The number of nitrogens with zero attached hydrogens (tertiary/aromatic N) is 1. The molecule has 0 aromatic heterocycles. The molecular weight excluding hydrogens is 312 g/mol. The molecule has 0 aliphatic carbocycles. The van der Waals surface area contributed by atoms with Gasteiger partial charge in [0, 0.05) is 13.1 Å². The van der Waals surface area contributed by atoms with Gasteiger partial charge >= 0.3 is 0 Å². The van der Waals surface area contributed by atoms with Crippen LogP contribution < -0.4 is 4.72 Å². The molecule has 5 nitrogen and oxygen atoms in total. The molecule has 3 atom stereocenters. The van der Waals surface area contributed by atoms with Gasteiger partial charge in [0.2, 0.25) is 0 Å². The van der Waals surface area contributed by atoms with E-state index in [1.807, 2.05) is 65.0 Å². The standard InChI is InChI=1S/C17H28N2O3S/c1-13-11-19(12-14(2)22-13)23(20,21)18-16(17(3,4)5)15-9-7-6-8-10-15/h6-10,13-14,16,18H,11-12H2,1-5H3. The van der Waals surface area contributed by atoms with Crippen molar-refractivity contribution in [2.24, 2.45) is 5.41 Å². The molecule has 2 rings (SSSR count). The van der Waals surface area contributed by atoms with Gasteiger partial charge < -0.3 is 4.74 Å². The Morgan fingerprint density at radius 3 is 2.13 bits per heavy atom. The molecule has 1 fully saturated rings. The van der Waals surface area contributed by atoms with Crippen LogP contribution in [0.4, 0.5) is 0 Å². The monoisotopic (exact) mass is 340 g/mol. The highest BCUT2D eigenvalue weighted by Gasteiger charge is 2.36. The third kappa shape index (κ3) is 4.76. The lowest BCUT2D eigenvalue weighted by Gasteiger charge is -2.37. The molecule has 0 bridgehead atoms. The van der Waals surface area contributed by atoms with Crippen molar-refractivity contribution in [3.8, 4) is 0 Å². The zero-order valence-corrected chi connectivity index (χ0v) is 15.4. The fourth-order valence-electron chi connectivity index (χ4n) is 2.94. The Kier molecular flexibility index (Phi) is 5.51. The van der Waals surface area contributed by atoms with E-state index in [0.717, 1.165) is 5.56 Å². The second kappa shape index (κ2) is 6.89. The molecule has 1 N–H and O–H groups in total. The highest BCUT2D eigenvalue weighted by Crippen LogP contribution is 2.33. The van der Waals surface area contributed by atoms with Gasteiger partial charge in [-0.1, -0.05) is 51.1 Å². The molecule has 1 saturated heterocycles. The van der Waals surface area contributed by atoms with Gasteiger partial charge in [-0.05, 0) is 24.8 Å². The van der Waals surface area contributed by atoms with Crippen LogP contribution in [-0.2, 0) is 14.9 Å². The van der Waals surface area contributed by atoms with Crippen LogP contribution in [0, 0.1) is 5.41 Å². The van der Waals surface area contributed by atoms with Crippen molar-refractivity contribution in [3.05, 3.63) is 35.9 Å². The largest absolute Gasteiger partial charge is 0.373 e. The van der Waals surface area contributed by atoms with E-state index < -0.39 is 10.2 Å². The molecule has 130 valence electrons. The average Bonchev–Trinajstić information content (AvgIpc) is 2.43. The van der Waals surface area contributed by atoms with Crippen LogP contribution in [0.2, 0.25) is 0 Å². The van der Waals surface area contributed by atoms with Crippen LogP contribution in [0.3, 0.4) is 0 Å². The third-order valence-electron chi connectivity index (χ3n) is 3.99. The van der Waals surface area contributed by atoms with Gasteiger partial charge in [0.05, 0.1) is 18.2 Å². The Morgan fingerprint density at radius 2 is 1.65 bits per heavy atom. The van der Waals surface area contributed by atoms with E-state index in [1.54, 1.807) is 0 Å². The van der Waals surface area contributed by atoms with Crippen LogP contribution in [0.5, 0.6) is 0 Å². The molecule has 1 aromatic carbocycles. The fourth-order valence-corrected chi connectivity index (χ4v) is 4.69. The van der Waals surface area contributed by atoms with Crippen LogP contribution in [0.1, 0.15) is 46.2 Å². The predicted molar refractivity (Wildman–Crippen MR) is 92.3 cm³/mol. The normalized spacial score (nSPS) is 25.3. The predicted octanol–water partition coefficient (Wildman–Crippen LogP) is 2.72. The number of ether oxygens (including phenoxy) is 1. The summed E-state index contributed by atoms with van der Waals surface area (Å²) in [6.07, 6.45) is -0.194. The molecule has 0 spiro atoms. The van der Waals surface area contributed by atoms with Crippen molar-refractivity contribution < 1.29 is 13.2 Å². The summed E-state index contributed by atoms with van der Waals surface area (Å²) in [5.74, 6) is 0. The first-order valence-electron chi connectivity index (χ1n) is 8.07. The first kappa shape index (κ1) is 18.4. The van der Waals surface area contributed by atoms with Crippen LogP contribution in [-0.4, -0.2) is 38.0 Å². The van der Waals surface area contributed by atoms with E-state index in [4.69, 9.17) is 4.74 Å². The highest BCUT2D eigenvalue weighted by molar-refractivity contribution is 7.87. The molecule has 23 heavy (non-hydrogen) atoms. The van der Waals surface area contributed by atoms with E-state index >= 15 is 0 Å². The number of nitrogens with one attached hydrogen (secondary N) is 1. The molecule has 0 amide bonds. The molecule has 1 aromatic rings. The Hall–Kier alpha value is -0.950. The van der Waals surface area contributed by atoms with Crippen molar-refractivity contribution in [2.45, 2.75) is 52.9 Å². The maximum Gasteiger partial charge on any atom is 0.280 e. The number of rotatable bonds is 4. The Bertz CT molecular complexity index is 600. The lowest BCUT2D eigenvalue weighted by Crippen LogP contribution is -2.53. The summed E-state index contributed by atoms with van der Waals surface area (Å²) in [6, 6.07) is 9.43. The van der Waals surface area contributed by atoms with Crippen molar-refractivity contribution in [1.29, 1.82) is 0 Å². The lowest BCUT2D eigenvalue weighted by atomic mass is 9.83. The zero-order chi connectivity index (χ0) is 17.3. The van der Waals surface area contributed by atoms with Crippen molar-refractivity contribution in [3.63, 3.8) is 0 Å². The average molecular weight is 340 g/mol. The third-order valence-corrected chi connectivity index (χ3v) is 5.50.